The number of ether oxygens (including phenoxy) is 1. The highest BCUT2D eigenvalue weighted by Crippen LogP contribution is 2.16. The van der Waals surface area contributed by atoms with E-state index in [0.29, 0.717) is 18.5 Å². The fourth-order valence-corrected chi connectivity index (χ4v) is 1.96. The summed E-state index contributed by atoms with van der Waals surface area (Å²) < 4.78 is 11.2. The molecule has 6 nitrogen and oxygen atoms in total. The Hall–Kier alpha value is -1.14. The molecule has 2 rings (SSSR count). The van der Waals surface area contributed by atoms with Crippen LogP contribution in [0.1, 0.15) is 25.2 Å². The molecule has 96 valence electrons. The molecule has 17 heavy (non-hydrogen) atoms. The van der Waals surface area contributed by atoms with Crippen LogP contribution >= 0.6 is 0 Å². The maximum Gasteiger partial charge on any atom is 0.318 e. The minimum absolute atomic E-state index is 0.286. The van der Waals surface area contributed by atoms with Gasteiger partial charge >= 0.3 is 6.01 Å². The summed E-state index contributed by atoms with van der Waals surface area (Å²) in [6.07, 6.45) is 3.82. The predicted octanol–water partition coefficient (Wildman–Crippen LogP) is 0.794. The van der Waals surface area contributed by atoms with E-state index in [1.807, 2.05) is 19.0 Å². The fraction of sp³-hybridized carbons (Fsp3) is 0.818. The van der Waals surface area contributed by atoms with E-state index in [0.717, 1.165) is 19.6 Å². The lowest BCUT2D eigenvalue weighted by molar-refractivity contribution is 0.0211. The van der Waals surface area contributed by atoms with Gasteiger partial charge in [0.05, 0.1) is 12.6 Å². The maximum absolute atomic E-state index is 5.68. The van der Waals surface area contributed by atoms with Gasteiger partial charge in [0.2, 0.25) is 5.89 Å². The van der Waals surface area contributed by atoms with E-state index < -0.39 is 0 Å². The smallest absolute Gasteiger partial charge is 0.318 e. The number of rotatable bonds is 5. The number of aromatic nitrogens is 2. The Morgan fingerprint density at radius 1 is 1.41 bits per heavy atom. The van der Waals surface area contributed by atoms with Crippen molar-refractivity contribution >= 4 is 6.01 Å². The van der Waals surface area contributed by atoms with Gasteiger partial charge in [-0.15, -0.1) is 5.10 Å². The normalized spacial score (nSPS) is 20.5. The van der Waals surface area contributed by atoms with Gasteiger partial charge in [0.1, 0.15) is 0 Å². The average Bonchev–Trinajstić information content (AvgIpc) is 2.79. The molecule has 0 amide bonds. The fourth-order valence-electron chi connectivity index (χ4n) is 1.96. The summed E-state index contributed by atoms with van der Waals surface area (Å²) in [5.74, 6) is 0.610. The molecule has 1 aliphatic heterocycles. The summed E-state index contributed by atoms with van der Waals surface area (Å²) in [6.45, 7) is 2.27. The molecule has 0 aromatic carbocycles. The molecule has 6 heteroatoms. The molecule has 0 spiro atoms. The van der Waals surface area contributed by atoms with Crippen LogP contribution in [-0.2, 0) is 11.3 Å². The number of hydrogen-bond donors (Lipinski definition) is 1. The van der Waals surface area contributed by atoms with E-state index >= 15 is 0 Å². The van der Waals surface area contributed by atoms with Crippen molar-refractivity contribution in [1.82, 2.24) is 15.5 Å². The lowest BCUT2D eigenvalue weighted by atomic mass is 10.1. The van der Waals surface area contributed by atoms with E-state index in [-0.39, 0.29) is 6.10 Å². The molecular weight excluding hydrogens is 220 g/mol. The Balaban J connectivity index is 1.86. The van der Waals surface area contributed by atoms with Crippen LogP contribution in [0.3, 0.4) is 0 Å². The minimum atomic E-state index is 0.286. The summed E-state index contributed by atoms with van der Waals surface area (Å²) >= 11 is 0. The first-order valence-corrected chi connectivity index (χ1v) is 6.09. The molecule has 2 heterocycles. The quantitative estimate of drug-likeness (QED) is 0.821. The van der Waals surface area contributed by atoms with E-state index in [2.05, 4.69) is 15.5 Å². The number of nitrogens with one attached hydrogen (secondary N) is 1. The number of hydrogen-bond acceptors (Lipinski definition) is 6. The highest BCUT2D eigenvalue weighted by molar-refractivity contribution is 5.22. The molecule has 1 atom stereocenters. The van der Waals surface area contributed by atoms with Crippen LogP contribution in [0.2, 0.25) is 0 Å². The maximum atomic E-state index is 5.68. The molecular formula is C11H20N4O2. The first-order valence-electron chi connectivity index (χ1n) is 6.09. The third-order valence-electron chi connectivity index (χ3n) is 2.86. The highest BCUT2D eigenvalue weighted by atomic mass is 16.5. The molecule has 1 fully saturated rings. The van der Waals surface area contributed by atoms with Gasteiger partial charge in [-0.2, -0.15) is 0 Å². The Bertz CT molecular complexity index is 336. The molecule has 0 bridgehead atoms. The average molecular weight is 240 g/mol. The predicted molar refractivity (Wildman–Crippen MR) is 63.9 cm³/mol. The van der Waals surface area contributed by atoms with Gasteiger partial charge < -0.3 is 19.4 Å². The van der Waals surface area contributed by atoms with E-state index in [9.17, 15) is 0 Å². The Morgan fingerprint density at radius 2 is 2.29 bits per heavy atom. The molecule has 0 saturated carbocycles. The second-order valence-electron chi connectivity index (χ2n) is 4.38. The van der Waals surface area contributed by atoms with Gasteiger partial charge in [0.25, 0.3) is 0 Å². The lowest BCUT2D eigenvalue weighted by Crippen LogP contribution is -2.33. The molecule has 1 unspecified atom stereocenters. The number of anilines is 1. The first-order chi connectivity index (χ1) is 8.29. The van der Waals surface area contributed by atoms with Crippen molar-refractivity contribution in [3.05, 3.63) is 5.89 Å². The molecule has 1 N–H and O–H groups in total. The van der Waals surface area contributed by atoms with Crippen molar-refractivity contribution in [2.45, 2.75) is 31.9 Å². The second-order valence-corrected chi connectivity index (χ2v) is 4.38. The summed E-state index contributed by atoms with van der Waals surface area (Å²) in [5, 5.41) is 11.0. The van der Waals surface area contributed by atoms with Crippen LogP contribution in [-0.4, -0.2) is 43.5 Å². The zero-order valence-corrected chi connectivity index (χ0v) is 10.5. The summed E-state index contributed by atoms with van der Waals surface area (Å²) in [7, 11) is 3.80. The summed E-state index contributed by atoms with van der Waals surface area (Å²) in [6, 6.07) is 0.560. The van der Waals surface area contributed by atoms with E-state index in [4.69, 9.17) is 9.15 Å². The van der Waals surface area contributed by atoms with E-state index in [1.54, 1.807) is 0 Å². The van der Waals surface area contributed by atoms with Crippen molar-refractivity contribution in [3.63, 3.8) is 0 Å². The van der Waals surface area contributed by atoms with Crippen LogP contribution in [0, 0.1) is 0 Å². The van der Waals surface area contributed by atoms with Crippen LogP contribution in [0.5, 0.6) is 0 Å². The molecule has 1 aromatic rings. The van der Waals surface area contributed by atoms with Crippen molar-refractivity contribution in [3.8, 4) is 0 Å². The topological polar surface area (TPSA) is 63.4 Å². The Morgan fingerprint density at radius 3 is 3.00 bits per heavy atom. The van der Waals surface area contributed by atoms with Crippen LogP contribution in [0.25, 0.3) is 0 Å². The third kappa shape index (κ3) is 3.41. The van der Waals surface area contributed by atoms with Gasteiger partial charge in [-0.25, -0.2) is 0 Å². The first kappa shape index (κ1) is 12.3. The van der Waals surface area contributed by atoms with Crippen LogP contribution in [0.15, 0.2) is 4.42 Å². The number of likely N-dealkylation sites (N-methyl/N-ethyl adjacent to an activating group) is 1. The van der Waals surface area contributed by atoms with Gasteiger partial charge in [0, 0.05) is 20.2 Å². The van der Waals surface area contributed by atoms with Gasteiger partial charge in [-0.05, 0) is 26.3 Å². The zero-order valence-electron chi connectivity index (χ0n) is 10.5. The summed E-state index contributed by atoms with van der Waals surface area (Å²) in [4.78, 5) is 1.96. The lowest BCUT2D eigenvalue weighted by Gasteiger charge is -2.26. The number of nitrogens with zero attached hydrogens (tertiary/aromatic N) is 3. The standard InChI is InChI=1S/C11H20N4O2/c1-12-7-10-13-14-11(17-10)15(2)8-9-5-3-4-6-16-9/h9,12H,3-8H2,1-2H3. The molecule has 0 aliphatic carbocycles. The molecule has 1 saturated heterocycles. The second kappa shape index (κ2) is 5.97. The van der Waals surface area contributed by atoms with Crippen LogP contribution < -0.4 is 10.2 Å². The molecule has 1 aliphatic rings. The summed E-state index contributed by atoms with van der Waals surface area (Å²) in [5.41, 5.74) is 0. The largest absolute Gasteiger partial charge is 0.407 e. The highest BCUT2D eigenvalue weighted by Gasteiger charge is 2.18. The van der Waals surface area contributed by atoms with Crippen molar-refractivity contribution in [2.24, 2.45) is 0 Å². The van der Waals surface area contributed by atoms with Gasteiger partial charge in [0.15, 0.2) is 0 Å². The van der Waals surface area contributed by atoms with Crippen molar-refractivity contribution in [2.75, 3.05) is 32.1 Å². The SMILES string of the molecule is CNCc1nnc(N(C)CC2CCCCO2)o1. The van der Waals surface area contributed by atoms with Crippen LogP contribution in [0.4, 0.5) is 6.01 Å². The minimum Gasteiger partial charge on any atom is -0.407 e. The molecule has 0 radical (unpaired) electrons. The van der Waals surface area contributed by atoms with Gasteiger partial charge in [-0.1, -0.05) is 5.10 Å². The van der Waals surface area contributed by atoms with Crippen molar-refractivity contribution in [1.29, 1.82) is 0 Å². The van der Waals surface area contributed by atoms with Gasteiger partial charge in [-0.3, -0.25) is 0 Å². The monoisotopic (exact) mass is 240 g/mol. The zero-order chi connectivity index (χ0) is 12.1. The molecule has 1 aromatic heterocycles. The van der Waals surface area contributed by atoms with Crippen molar-refractivity contribution < 1.29 is 9.15 Å². The third-order valence-corrected chi connectivity index (χ3v) is 2.86. The Kier molecular flexibility index (Phi) is 4.33. The van der Waals surface area contributed by atoms with E-state index in [1.165, 1.54) is 12.8 Å². The Labute approximate surface area is 101 Å².